The van der Waals surface area contributed by atoms with Crippen LogP contribution < -0.4 is 10.6 Å². The Labute approximate surface area is 105 Å². The van der Waals surface area contributed by atoms with Gasteiger partial charge in [-0.1, -0.05) is 6.92 Å². The number of hydrogen-bond acceptors (Lipinski definition) is 4. The molecular formula is C12H18N2O2S. The second-order valence-corrected chi connectivity index (χ2v) is 5.54. The van der Waals surface area contributed by atoms with Crippen LogP contribution in [0.2, 0.25) is 0 Å². The van der Waals surface area contributed by atoms with Gasteiger partial charge in [-0.25, -0.2) is 0 Å². The zero-order valence-corrected chi connectivity index (χ0v) is 10.7. The molecule has 0 saturated carbocycles. The predicted octanol–water partition coefficient (Wildman–Crippen LogP) is 0.649. The lowest BCUT2D eigenvalue weighted by molar-refractivity contribution is -0.123. The van der Waals surface area contributed by atoms with Crippen molar-refractivity contribution in [1.82, 2.24) is 10.6 Å². The normalized spacial score (nSPS) is 23.9. The van der Waals surface area contributed by atoms with Crippen molar-refractivity contribution < 1.29 is 9.90 Å². The van der Waals surface area contributed by atoms with Gasteiger partial charge in [-0.3, -0.25) is 4.79 Å². The summed E-state index contributed by atoms with van der Waals surface area (Å²) in [5, 5.41) is 15.2. The number of hydrogen-bond donors (Lipinski definition) is 3. The monoisotopic (exact) mass is 254 g/mol. The largest absolute Gasteiger partial charge is 0.392 e. The summed E-state index contributed by atoms with van der Waals surface area (Å²) in [6.45, 7) is 3.22. The molecule has 1 aromatic heterocycles. The zero-order chi connectivity index (χ0) is 12.3. The van der Waals surface area contributed by atoms with E-state index in [1.54, 1.807) is 11.3 Å². The third-order valence-corrected chi connectivity index (χ3v) is 4.16. The third kappa shape index (κ3) is 3.28. The maximum absolute atomic E-state index is 11.8. The highest BCUT2D eigenvalue weighted by Gasteiger charge is 2.27. The van der Waals surface area contributed by atoms with Crippen LogP contribution in [0.15, 0.2) is 12.1 Å². The van der Waals surface area contributed by atoms with Crippen molar-refractivity contribution >= 4 is 17.2 Å². The zero-order valence-electron chi connectivity index (χ0n) is 9.90. The molecule has 0 bridgehead atoms. The number of aliphatic hydroxyl groups is 1. The van der Waals surface area contributed by atoms with Gasteiger partial charge in [-0.2, -0.15) is 0 Å². The van der Waals surface area contributed by atoms with E-state index in [9.17, 15) is 9.90 Å². The molecule has 0 radical (unpaired) electrons. The first kappa shape index (κ1) is 12.5. The Kier molecular flexibility index (Phi) is 4.15. The Hall–Kier alpha value is -0.910. The summed E-state index contributed by atoms with van der Waals surface area (Å²) in [6, 6.07) is 3.92. The number of rotatable bonds is 4. The Morgan fingerprint density at radius 3 is 2.94 bits per heavy atom. The highest BCUT2D eigenvalue weighted by Crippen LogP contribution is 2.16. The van der Waals surface area contributed by atoms with Gasteiger partial charge < -0.3 is 15.7 Å². The van der Waals surface area contributed by atoms with Crippen molar-refractivity contribution in [3.63, 3.8) is 0 Å². The molecule has 1 saturated heterocycles. The van der Waals surface area contributed by atoms with Crippen LogP contribution in [0.3, 0.4) is 0 Å². The fourth-order valence-electron chi connectivity index (χ4n) is 1.92. The van der Waals surface area contributed by atoms with Crippen LogP contribution in [0, 0.1) is 0 Å². The van der Waals surface area contributed by atoms with E-state index in [-0.39, 0.29) is 18.1 Å². The maximum Gasteiger partial charge on any atom is 0.237 e. The van der Waals surface area contributed by atoms with Crippen LogP contribution in [0.1, 0.15) is 23.1 Å². The molecule has 2 atom stereocenters. The summed E-state index contributed by atoms with van der Waals surface area (Å²) in [6.07, 6.45) is 1.16. The molecular weight excluding hydrogens is 236 g/mol. The smallest absolute Gasteiger partial charge is 0.237 e. The van der Waals surface area contributed by atoms with Crippen LogP contribution >= 0.6 is 11.3 Å². The van der Waals surface area contributed by atoms with E-state index >= 15 is 0 Å². The van der Waals surface area contributed by atoms with E-state index in [0.29, 0.717) is 19.5 Å². The highest BCUT2D eigenvalue weighted by molar-refractivity contribution is 7.11. The molecule has 1 amide bonds. The minimum absolute atomic E-state index is 0.0204. The first-order valence-electron chi connectivity index (χ1n) is 5.95. The SMILES string of the molecule is CCc1ccc(CNC(=O)C2CC(O)CN2)s1. The maximum atomic E-state index is 11.8. The number of carbonyl (C=O) groups excluding carboxylic acids is 1. The molecule has 2 heterocycles. The number of aryl methyl sites for hydroxylation is 1. The highest BCUT2D eigenvalue weighted by atomic mass is 32.1. The summed E-state index contributed by atoms with van der Waals surface area (Å²) in [5.41, 5.74) is 0. The number of carbonyl (C=O) groups is 1. The number of aliphatic hydroxyl groups excluding tert-OH is 1. The molecule has 0 aliphatic carbocycles. The van der Waals surface area contributed by atoms with E-state index < -0.39 is 0 Å². The van der Waals surface area contributed by atoms with Gasteiger partial charge in [0.25, 0.3) is 0 Å². The third-order valence-electron chi connectivity index (χ3n) is 2.93. The van der Waals surface area contributed by atoms with Crippen molar-refractivity contribution in [2.45, 2.75) is 38.5 Å². The van der Waals surface area contributed by atoms with Gasteiger partial charge in [0.15, 0.2) is 0 Å². The van der Waals surface area contributed by atoms with Gasteiger partial charge >= 0.3 is 0 Å². The van der Waals surface area contributed by atoms with Gasteiger partial charge in [0.2, 0.25) is 5.91 Å². The Balaban J connectivity index is 1.79. The quantitative estimate of drug-likeness (QED) is 0.739. The van der Waals surface area contributed by atoms with Gasteiger partial charge in [0.05, 0.1) is 18.7 Å². The molecule has 17 heavy (non-hydrogen) atoms. The molecule has 1 aliphatic rings. The number of thiophene rings is 1. The van der Waals surface area contributed by atoms with Crippen LogP contribution in [-0.4, -0.2) is 29.7 Å². The lowest BCUT2D eigenvalue weighted by atomic mass is 10.2. The second-order valence-electron chi connectivity index (χ2n) is 4.29. The van der Waals surface area contributed by atoms with E-state index in [4.69, 9.17) is 0 Å². The topological polar surface area (TPSA) is 61.4 Å². The predicted molar refractivity (Wildman–Crippen MR) is 68.0 cm³/mol. The fourth-order valence-corrected chi connectivity index (χ4v) is 2.82. The summed E-state index contributed by atoms with van der Waals surface area (Å²) < 4.78 is 0. The summed E-state index contributed by atoms with van der Waals surface area (Å²) >= 11 is 1.73. The number of amides is 1. The van der Waals surface area contributed by atoms with Crippen LogP contribution in [0.4, 0.5) is 0 Å². The minimum Gasteiger partial charge on any atom is -0.392 e. The van der Waals surface area contributed by atoms with E-state index in [1.807, 2.05) is 0 Å². The van der Waals surface area contributed by atoms with Crippen LogP contribution in [-0.2, 0) is 17.8 Å². The summed E-state index contributed by atoms with van der Waals surface area (Å²) in [7, 11) is 0. The van der Waals surface area contributed by atoms with E-state index in [0.717, 1.165) is 6.42 Å². The molecule has 1 fully saturated rings. The van der Waals surface area contributed by atoms with Gasteiger partial charge in [0.1, 0.15) is 0 Å². The second kappa shape index (κ2) is 5.62. The van der Waals surface area contributed by atoms with Gasteiger partial charge in [-0.15, -0.1) is 11.3 Å². The number of nitrogens with one attached hydrogen (secondary N) is 2. The lowest BCUT2D eigenvalue weighted by Gasteiger charge is -2.09. The molecule has 4 nitrogen and oxygen atoms in total. The van der Waals surface area contributed by atoms with E-state index in [2.05, 4.69) is 29.7 Å². The lowest BCUT2D eigenvalue weighted by Crippen LogP contribution is -2.39. The standard InChI is InChI=1S/C12H18N2O2S/c1-2-9-3-4-10(17-9)7-14-12(16)11-5-8(15)6-13-11/h3-4,8,11,13,15H,2,5-7H2,1H3,(H,14,16). The van der Waals surface area contributed by atoms with Gasteiger partial charge in [0, 0.05) is 16.3 Å². The molecule has 0 aromatic carbocycles. The first-order valence-corrected chi connectivity index (χ1v) is 6.77. The van der Waals surface area contributed by atoms with Crippen molar-refractivity contribution in [1.29, 1.82) is 0 Å². The molecule has 1 aromatic rings. The summed E-state index contributed by atoms with van der Waals surface area (Å²) in [4.78, 5) is 14.3. The Morgan fingerprint density at radius 1 is 1.59 bits per heavy atom. The molecule has 0 spiro atoms. The average Bonchev–Trinajstić information content (AvgIpc) is 2.94. The molecule has 5 heteroatoms. The van der Waals surface area contributed by atoms with Crippen molar-refractivity contribution in [2.75, 3.05) is 6.54 Å². The van der Waals surface area contributed by atoms with Crippen LogP contribution in [0.25, 0.3) is 0 Å². The van der Waals surface area contributed by atoms with Crippen molar-refractivity contribution in [2.24, 2.45) is 0 Å². The fraction of sp³-hybridized carbons (Fsp3) is 0.583. The molecule has 94 valence electrons. The van der Waals surface area contributed by atoms with Crippen molar-refractivity contribution in [3.05, 3.63) is 21.9 Å². The average molecular weight is 254 g/mol. The molecule has 1 aliphatic heterocycles. The minimum atomic E-state index is -0.390. The Morgan fingerprint density at radius 2 is 2.35 bits per heavy atom. The van der Waals surface area contributed by atoms with Crippen molar-refractivity contribution in [3.8, 4) is 0 Å². The van der Waals surface area contributed by atoms with Crippen LogP contribution in [0.5, 0.6) is 0 Å². The molecule has 2 rings (SSSR count). The molecule has 3 N–H and O–H groups in total. The molecule has 2 unspecified atom stereocenters. The summed E-state index contributed by atoms with van der Waals surface area (Å²) in [5.74, 6) is -0.0204. The van der Waals surface area contributed by atoms with Gasteiger partial charge in [-0.05, 0) is 25.0 Å². The first-order chi connectivity index (χ1) is 8.19. The number of β-amino-alcohol motifs (C(OH)–C–C–N with tert-alkyl or cyclic N) is 1. The van der Waals surface area contributed by atoms with E-state index in [1.165, 1.54) is 9.75 Å². The Bertz CT molecular complexity index is 392.